The van der Waals surface area contributed by atoms with Gasteiger partial charge in [-0.15, -0.1) is 5.10 Å². The summed E-state index contributed by atoms with van der Waals surface area (Å²) in [6.45, 7) is 10.1. The minimum atomic E-state index is -0.119. The lowest BCUT2D eigenvalue weighted by molar-refractivity contribution is 0.372. The van der Waals surface area contributed by atoms with E-state index in [1.807, 2.05) is 19.9 Å². The second-order valence-corrected chi connectivity index (χ2v) is 7.14. The minimum absolute atomic E-state index is 0.119. The highest BCUT2D eigenvalue weighted by Crippen LogP contribution is 2.23. The molecular weight excluding hydrogens is 300 g/mol. The Morgan fingerprint density at radius 1 is 1.18 bits per heavy atom. The molecule has 3 aromatic rings. The average Bonchev–Trinajstić information content (AvgIpc) is 3.01. The second-order valence-electron chi connectivity index (χ2n) is 6.20. The fourth-order valence-corrected chi connectivity index (χ4v) is 2.61. The Kier molecular flexibility index (Phi) is 3.64. The Balaban J connectivity index is 1.77. The van der Waals surface area contributed by atoms with Crippen molar-refractivity contribution in [2.24, 2.45) is 0 Å². The number of nitrogens with zero attached hydrogens (tertiary/aromatic N) is 6. The first-order chi connectivity index (χ1) is 10.3. The van der Waals surface area contributed by atoms with E-state index in [1.165, 1.54) is 11.8 Å². The molecule has 0 fully saturated rings. The third-order valence-corrected chi connectivity index (χ3v) is 3.88. The summed E-state index contributed by atoms with van der Waals surface area (Å²) in [5.41, 5.74) is 1.82. The summed E-state index contributed by atoms with van der Waals surface area (Å²) in [6.07, 6.45) is 0. The summed E-state index contributed by atoms with van der Waals surface area (Å²) in [4.78, 5) is 13.2. The van der Waals surface area contributed by atoms with Gasteiger partial charge in [0.15, 0.2) is 5.82 Å². The summed E-state index contributed by atoms with van der Waals surface area (Å²) in [5.74, 6) is 2.44. The molecule has 3 heterocycles. The highest BCUT2D eigenvalue weighted by Gasteiger charge is 2.21. The number of rotatable bonds is 3. The van der Waals surface area contributed by atoms with Crippen molar-refractivity contribution in [3.63, 3.8) is 0 Å². The van der Waals surface area contributed by atoms with Crippen molar-refractivity contribution in [3.05, 3.63) is 29.2 Å². The molecule has 0 atom stereocenters. The fourth-order valence-electron chi connectivity index (χ4n) is 1.95. The van der Waals surface area contributed by atoms with Gasteiger partial charge in [0, 0.05) is 16.8 Å². The van der Waals surface area contributed by atoms with Crippen molar-refractivity contribution in [3.8, 4) is 0 Å². The Morgan fingerprint density at radius 2 is 1.95 bits per heavy atom. The largest absolute Gasteiger partial charge is 0.338 e. The Labute approximate surface area is 132 Å². The first-order valence-corrected chi connectivity index (χ1v) is 7.98. The number of aromatic nitrogens is 6. The van der Waals surface area contributed by atoms with E-state index in [-0.39, 0.29) is 5.41 Å². The molecule has 0 amide bonds. The molecule has 7 nitrogen and oxygen atoms in total. The molecule has 0 aromatic carbocycles. The molecule has 0 bridgehead atoms. The number of hydrogen-bond acceptors (Lipinski definition) is 7. The molecule has 3 aromatic heterocycles. The maximum absolute atomic E-state index is 5.27. The maximum Gasteiger partial charge on any atom is 0.253 e. The van der Waals surface area contributed by atoms with Crippen molar-refractivity contribution < 1.29 is 4.52 Å². The maximum atomic E-state index is 5.27. The van der Waals surface area contributed by atoms with Crippen molar-refractivity contribution in [2.75, 3.05) is 0 Å². The molecule has 22 heavy (non-hydrogen) atoms. The van der Waals surface area contributed by atoms with Gasteiger partial charge < -0.3 is 4.52 Å². The van der Waals surface area contributed by atoms with Crippen LogP contribution in [-0.2, 0) is 11.2 Å². The predicted octanol–water partition coefficient (Wildman–Crippen LogP) is 2.71. The molecule has 116 valence electrons. The van der Waals surface area contributed by atoms with Crippen LogP contribution in [-0.4, -0.2) is 29.7 Å². The molecule has 0 unspecified atom stereocenters. The fraction of sp³-hybridized carbons (Fsp3) is 0.500. The van der Waals surface area contributed by atoms with Crippen LogP contribution in [0, 0.1) is 13.8 Å². The topological polar surface area (TPSA) is 82.0 Å². The molecule has 0 saturated carbocycles. The van der Waals surface area contributed by atoms with Crippen LogP contribution in [0.4, 0.5) is 0 Å². The van der Waals surface area contributed by atoms with Gasteiger partial charge in [-0.1, -0.05) is 37.7 Å². The highest BCUT2D eigenvalue weighted by atomic mass is 32.2. The predicted molar refractivity (Wildman–Crippen MR) is 82.8 cm³/mol. The quantitative estimate of drug-likeness (QED) is 0.687. The van der Waals surface area contributed by atoms with Gasteiger partial charge in [-0.25, -0.2) is 9.50 Å². The minimum Gasteiger partial charge on any atom is -0.338 e. The summed E-state index contributed by atoms with van der Waals surface area (Å²) >= 11 is 1.46. The standard InChI is InChI=1S/C14H18N6OS/c1-8-6-9(2)20-12(15-8)17-13(18-20)22-7-10-16-11(19-21-10)14(3,4)5/h6H,7H2,1-5H3. The number of aryl methyl sites for hydroxylation is 2. The van der Waals surface area contributed by atoms with Gasteiger partial charge in [-0.2, -0.15) is 9.97 Å². The lowest BCUT2D eigenvalue weighted by Gasteiger charge is -2.10. The summed E-state index contributed by atoms with van der Waals surface area (Å²) in [5, 5.41) is 9.10. The van der Waals surface area contributed by atoms with Crippen LogP contribution in [0.1, 0.15) is 43.9 Å². The zero-order valence-electron chi connectivity index (χ0n) is 13.3. The number of fused-ring (bicyclic) bond motifs is 1. The van der Waals surface area contributed by atoms with E-state index in [2.05, 4.69) is 46.0 Å². The highest BCUT2D eigenvalue weighted by molar-refractivity contribution is 7.98. The van der Waals surface area contributed by atoms with E-state index in [0.717, 1.165) is 11.4 Å². The molecule has 0 aliphatic carbocycles. The van der Waals surface area contributed by atoms with Crippen molar-refractivity contribution in [1.82, 2.24) is 29.7 Å². The molecule has 0 aliphatic heterocycles. The normalized spacial score (nSPS) is 12.2. The van der Waals surface area contributed by atoms with Gasteiger partial charge in [0.2, 0.25) is 11.0 Å². The Hall–Kier alpha value is -1.96. The lowest BCUT2D eigenvalue weighted by Crippen LogP contribution is -2.13. The van der Waals surface area contributed by atoms with Crippen molar-refractivity contribution in [2.45, 2.75) is 50.9 Å². The van der Waals surface area contributed by atoms with Crippen molar-refractivity contribution >= 4 is 17.5 Å². The van der Waals surface area contributed by atoms with E-state index < -0.39 is 0 Å². The van der Waals surface area contributed by atoms with Crippen LogP contribution in [0.5, 0.6) is 0 Å². The number of thioether (sulfide) groups is 1. The molecule has 0 N–H and O–H groups in total. The van der Waals surface area contributed by atoms with E-state index in [9.17, 15) is 0 Å². The van der Waals surface area contributed by atoms with E-state index in [0.29, 0.717) is 28.4 Å². The van der Waals surface area contributed by atoms with Crippen LogP contribution in [0.3, 0.4) is 0 Å². The van der Waals surface area contributed by atoms with Crippen LogP contribution in [0.25, 0.3) is 5.78 Å². The monoisotopic (exact) mass is 318 g/mol. The Bertz CT molecular complexity index is 816. The molecule has 8 heteroatoms. The SMILES string of the molecule is Cc1cc(C)n2nc(SCc3nc(C(C)(C)C)no3)nc2n1. The first kappa shape index (κ1) is 15.0. The second kappa shape index (κ2) is 5.35. The average molecular weight is 318 g/mol. The van der Waals surface area contributed by atoms with Crippen LogP contribution in [0.15, 0.2) is 15.7 Å². The molecule has 3 rings (SSSR count). The van der Waals surface area contributed by atoms with E-state index >= 15 is 0 Å². The lowest BCUT2D eigenvalue weighted by atomic mass is 9.96. The zero-order chi connectivity index (χ0) is 15.9. The molecule has 0 saturated heterocycles. The first-order valence-electron chi connectivity index (χ1n) is 7.00. The smallest absolute Gasteiger partial charge is 0.253 e. The molecule has 0 aliphatic rings. The van der Waals surface area contributed by atoms with Gasteiger partial charge in [0.25, 0.3) is 5.78 Å². The zero-order valence-corrected chi connectivity index (χ0v) is 14.1. The van der Waals surface area contributed by atoms with Crippen LogP contribution < -0.4 is 0 Å². The molecule has 0 spiro atoms. The van der Waals surface area contributed by atoms with Crippen LogP contribution >= 0.6 is 11.8 Å². The summed E-state index contributed by atoms with van der Waals surface area (Å²) < 4.78 is 7.01. The Morgan fingerprint density at radius 3 is 2.64 bits per heavy atom. The van der Waals surface area contributed by atoms with Gasteiger partial charge >= 0.3 is 0 Å². The third-order valence-electron chi connectivity index (χ3n) is 3.06. The number of hydrogen-bond donors (Lipinski definition) is 0. The van der Waals surface area contributed by atoms with Gasteiger partial charge in [-0.05, 0) is 19.9 Å². The van der Waals surface area contributed by atoms with E-state index in [1.54, 1.807) is 4.52 Å². The molecule has 0 radical (unpaired) electrons. The summed E-state index contributed by atoms with van der Waals surface area (Å²) in [6, 6.07) is 1.98. The van der Waals surface area contributed by atoms with Gasteiger partial charge in [0.1, 0.15) is 0 Å². The van der Waals surface area contributed by atoms with Crippen molar-refractivity contribution in [1.29, 1.82) is 0 Å². The summed E-state index contributed by atoms with van der Waals surface area (Å²) in [7, 11) is 0. The molecular formula is C14H18N6OS. The van der Waals surface area contributed by atoms with Crippen LogP contribution in [0.2, 0.25) is 0 Å². The third kappa shape index (κ3) is 2.96. The van der Waals surface area contributed by atoms with Gasteiger partial charge in [-0.3, -0.25) is 0 Å². The van der Waals surface area contributed by atoms with E-state index in [4.69, 9.17) is 4.52 Å². The van der Waals surface area contributed by atoms with Gasteiger partial charge in [0.05, 0.1) is 5.75 Å².